The third-order valence-electron chi connectivity index (χ3n) is 12.2. The number of allylic oxidation sites excluding steroid dienone is 1. The second-order valence-corrected chi connectivity index (χ2v) is 15.6. The molecule has 4 aromatic rings. The first kappa shape index (κ1) is 39.2. The Balaban J connectivity index is 1.25. The van der Waals surface area contributed by atoms with E-state index in [-0.39, 0.29) is 89.3 Å². The van der Waals surface area contributed by atoms with E-state index in [0.29, 0.717) is 19.6 Å². The number of amides is 1. The van der Waals surface area contributed by atoms with Crippen molar-refractivity contribution in [1.82, 2.24) is 15.0 Å². The fourth-order valence-electron chi connectivity index (χ4n) is 9.31. The highest BCUT2D eigenvalue weighted by molar-refractivity contribution is 6.17. The van der Waals surface area contributed by atoms with Crippen LogP contribution in [0.2, 0.25) is 0 Å². The van der Waals surface area contributed by atoms with Crippen LogP contribution >= 0.6 is 0 Å². The predicted molar refractivity (Wildman–Crippen MR) is 212 cm³/mol. The second kappa shape index (κ2) is 15.6. The molecule has 0 radical (unpaired) electrons. The van der Waals surface area contributed by atoms with Crippen molar-refractivity contribution >= 4 is 23.2 Å². The number of nitrogens with zero attached hydrogens (tertiary/aromatic N) is 3. The van der Waals surface area contributed by atoms with E-state index in [9.17, 15) is 24.6 Å². The molecule has 0 bridgehead atoms. The molecular formula is C45H47FN4O8. The maximum absolute atomic E-state index is 17.2. The van der Waals surface area contributed by atoms with Gasteiger partial charge in [0.2, 0.25) is 11.7 Å². The molecule has 2 heterocycles. The van der Waals surface area contributed by atoms with E-state index >= 15 is 4.39 Å². The number of hydrogen-bond donors (Lipinski definition) is 3. The second-order valence-electron chi connectivity index (χ2n) is 15.6. The molecule has 4 aliphatic rings. The van der Waals surface area contributed by atoms with Gasteiger partial charge in [-0.05, 0) is 61.6 Å². The van der Waals surface area contributed by atoms with Gasteiger partial charge in [-0.3, -0.25) is 24.2 Å². The van der Waals surface area contributed by atoms with Crippen LogP contribution in [0, 0.1) is 17.7 Å². The number of carbonyl (C=O) groups is 3. The van der Waals surface area contributed by atoms with Crippen molar-refractivity contribution in [1.29, 1.82) is 0 Å². The summed E-state index contributed by atoms with van der Waals surface area (Å²) in [6, 6.07) is 17.0. The number of aromatic nitrogens is 1. The molecule has 0 saturated heterocycles. The van der Waals surface area contributed by atoms with Crippen LogP contribution in [0.15, 0.2) is 89.2 Å². The monoisotopic (exact) mass is 790 g/mol. The molecule has 1 aliphatic heterocycles. The first-order chi connectivity index (χ1) is 28.0. The number of benzene rings is 3. The van der Waals surface area contributed by atoms with Crippen molar-refractivity contribution in [3.63, 3.8) is 0 Å². The van der Waals surface area contributed by atoms with Crippen molar-refractivity contribution in [2.45, 2.75) is 70.4 Å². The molecule has 3 aliphatic carbocycles. The zero-order valence-corrected chi connectivity index (χ0v) is 32.8. The van der Waals surface area contributed by atoms with Gasteiger partial charge in [-0.1, -0.05) is 80.6 Å². The Morgan fingerprint density at radius 2 is 1.67 bits per heavy atom. The lowest BCUT2D eigenvalue weighted by Gasteiger charge is -2.49. The zero-order valence-electron chi connectivity index (χ0n) is 32.8. The Morgan fingerprint density at radius 1 is 1.00 bits per heavy atom. The van der Waals surface area contributed by atoms with Gasteiger partial charge >= 0.3 is 0 Å². The summed E-state index contributed by atoms with van der Waals surface area (Å²) in [5, 5.41) is 31.9. The highest BCUT2D eigenvalue weighted by Crippen LogP contribution is 2.57. The minimum Gasteiger partial charge on any atom is -0.508 e. The summed E-state index contributed by atoms with van der Waals surface area (Å²) in [4.78, 5) is 47.3. The van der Waals surface area contributed by atoms with E-state index < -0.39 is 52.7 Å². The van der Waals surface area contributed by atoms with E-state index in [4.69, 9.17) is 14.0 Å². The predicted octanol–water partition coefficient (Wildman–Crippen LogP) is 6.54. The number of Topliss-reactive ketones (excluding diaryl/α,β-unsaturated/α-hetero) is 2. The van der Waals surface area contributed by atoms with Gasteiger partial charge in [-0.2, -0.15) is 0 Å². The van der Waals surface area contributed by atoms with Crippen LogP contribution in [-0.2, 0) is 30.8 Å². The van der Waals surface area contributed by atoms with Gasteiger partial charge in [0.05, 0.1) is 23.3 Å². The summed E-state index contributed by atoms with van der Waals surface area (Å²) in [5.74, 6) is -5.30. The number of halogens is 1. The fourth-order valence-corrected chi connectivity index (χ4v) is 9.31. The standard InChI is InChI=1S/C45H47FN4O8/c1-5-18-50(19-6-2)31-22-29-35(46)28-20-27-21-30-37(49(4)7-3)40-34(44(48-58-40)57-24-26-16-12-9-13-17-26)42(53)45(30,55)41(52)32(27)38(51)33(28)39(36(29)47-43(31)54)56-23-25-14-10-8-11-15-25/h5,8-17,27,30-31,37,52,55H,1,6-7,18-24H2,2-4H3,(H,47,54)/t27-,30-,31?,37-,45-/m0/s1. The van der Waals surface area contributed by atoms with Crippen molar-refractivity contribution in [3.8, 4) is 11.6 Å². The molecule has 3 aromatic carbocycles. The Hall–Kier alpha value is -5.63. The summed E-state index contributed by atoms with van der Waals surface area (Å²) >= 11 is 0. The van der Waals surface area contributed by atoms with Crippen LogP contribution in [0.25, 0.3) is 0 Å². The maximum Gasteiger partial charge on any atom is 0.265 e. The normalized spacial score (nSPS) is 23.5. The van der Waals surface area contributed by atoms with Gasteiger partial charge in [-0.25, -0.2) is 4.39 Å². The summed E-state index contributed by atoms with van der Waals surface area (Å²) < 4.78 is 35.4. The van der Waals surface area contributed by atoms with Gasteiger partial charge in [0.25, 0.3) is 5.88 Å². The van der Waals surface area contributed by atoms with Crippen LogP contribution in [0.3, 0.4) is 0 Å². The quantitative estimate of drug-likeness (QED) is 0.127. The molecular weight excluding hydrogens is 744 g/mol. The van der Waals surface area contributed by atoms with Gasteiger partial charge < -0.3 is 29.5 Å². The molecule has 12 nitrogen and oxygen atoms in total. The van der Waals surface area contributed by atoms with Crippen LogP contribution < -0.4 is 14.8 Å². The van der Waals surface area contributed by atoms with Gasteiger partial charge in [0.15, 0.2) is 22.9 Å². The van der Waals surface area contributed by atoms with Crippen LogP contribution in [-0.4, -0.2) is 81.0 Å². The van der Waals surface area contributed by atoms with Crippen LogP contribution in [0.1, 0.15) is 81.5 Å². The summed E-state index contributed by atoms with van der Waals surface area (Å²) in [6.45, 7) is 9.26. The number of ketones is 2. The van der Waals surface area contributed by atoms with E-state index in [1.807, 2.05) is 84.3 Å². The third-order valence-corrected chi connectivity index (χ3v) is 12.2. The average molecular weight is 791 g/mol. The Labute approximate surface area is 335 Å². The lowest BCUT2D eigenvalue weighted by Crippen LogP contribution is -2.59. The molecule has 58 heavy (non-hydrogen) atoms. The van der Waals surface area contributed by atoms with E-state index in [2.05, 4.69) is 17.1 Å². The molecule has 13 heteroatoms. The van der Waals surface area contributed by atoms with E-state index in [1.54, 1.807) is 13.1 Å². The van der Waals surface area contributed by atoms with Gasteiger partial charge in [0.1, 0.15) is 30.4 Å². The number of hydrogen-bond acceptors (Lipinski definition) is 11. The number of nitrogens with one attached hydrogen (secondary N) is 1. The Kier molecular flexibility index (Phi) is 10.6. The molecule has 1 unspecified atom stereocenters. The van der Waals surface area contributed by atoms with E-state index in [1.165, 1.54) is 0 Å². The number of rotatable bonds is 13. The third kappa shape index (κ3) is 6.32. The van der Waals surface area contributed by atoms with E-state index in [0.717, 1.165) is 17.5 Å². The summed E-state index contributed by atoms with van der Waals surface area (Å²) in [7, 11) is 1.80. The maximum atomic E-state index is 17.2. The molecule has 8 rings (SSSR count). The number of carbonyl (C=O) groups excluding carboxylic acids is 3. The SMILES string of the molecule is C=CCN(CCC)C1Cc2c(F)c3c(c(OCc4ccccc4)c2NC1=O)C(=O)C1=C(O)[C@]2(O)C(=O)c4c(OCc5ccccc5)noc4[C@@H](N(C)CC)[C@@H]2C[C@@H]1C3. The number of aliphatic hydroxyl groups excluding tert-OH is 1. The molecule has 1 amide bonds. The number of ether oxygens (including phenoxy) is 2. The largest absolute Gasteiger partial charge is 0.508 e. The smallest absolute Gasteiger partial charge is 0.265 e. The number of fused-ring (bicyclic) bond motifs is 5. The molecule has 0 fully saturated rings. The lowest BCUT2D eigenvalue weighted by molar-refractivity contribution is -0.121. The van der Waals surface area contributed by atoms with Crippen molar-refractivity contribution in [2.24, 2.45) is 11.8 Å². The number of anilines is 1. The lowest BCUT2D eigenvalue weighted by atomic mass is 9.58. The molecule has 1 aromatic heterocycles. The topological polar surface area (TPSA) is 155 Å². The van der Waals surface area contributed by atoms with Crippen molar-refractivity contribution < 1.29 is 43.0 Å². The highest BCUT2D eigenvalue weighted by Gasteiger charge is 2.64. The molecule has 0 saturated carbocycles. The van der Waals surface area contributed by atoms with Crippen LogP contribution in [0.4, 0.5) is 10.1 Å². The summed E-state index contributed by atoms with van der Waals surface area (Å²) in [6.07, 6.45) is 2.50. The Bertz CT molecular complexity index is 2310. The summed E-state index contributed by atoms with van der Waals surface area (Å²) in [5.41, 5.74) is -1.12. The van der Waals surface area contributed by atoms with Gasteiger partial charge in [-0.15, -0.1) is 6.58 Å². The molecule has 0 spiro atoms. The number of aliphatic hydroxyl groups is 2. The first-order valence-electron chi connectivity index (χ1n) is 19.8. The minimum atomic E-state index is -2.58. The molecule has 3 N–H and O–H groups in total. The van der Waals surface area contributed by atoms with Gasteiger partial charge in [0, 0.05) is 35.6 Å². The molecule has 302 valence electrons. The zero-order chi connectivity index (χ0) is 40.9. The van der Waals surface area contributed by atoms with Crippen molar-refractivity contribution in [2.75, 3.05) is 32.0 Å². The molecule has 5 atom stereocenters. The minimum absolute atomic E-state index is 0.0115. The first-order valence-corrected chi connectivity index (χ1v) is 19.8. The Morgan fingerprint density at radius 3 is 2.31 bits per heavy atom. The van der Waals surface area contributed by atoms with Crippen molar-refractivity contribution in [3.05, 3.63) is 130 Å². The highest BCUT2D eigenvalue weighted by atomic mass is 19.1. The van der Waals surface area contributed by atoms with Crippen LogP contribution in [0.5, 0.6) is 11.6 Å². The fraction of sp³-hybridized carbons (Fsp3) is 0.378. The average Bonchev–Trinajstić information content (AvgIpc) is 3.65.